The molecule has 9 aromatic rings. The van der Waals surface area contributed by atoms with E-state index >= 15 is 0 Å². The summed E-state index contributed by atoms with van der Waals surface area (Å²) in [6.07, 6.45) is 43.2. The third kappa shape index (κ3) is 20.1. The summed E-state index contributed by atoms with van der Waals surface area (Å²) in [6.45, 7) is 18.3. The van der Waals surface area contributed by atoms with Crippen molar-refractivity contribution >= 4 is 50.9 Å². The van der Waals surface area contributed by atoms with E-state index in [1.807, 2.05) is 18.6 Å². The van der Waals surface area contributed by atoms with Gasteiger partial charge in [-0.25, -0.2) is 15.0 Å². The Balaban J connectivity index is 0.000000130. The van der Waals surface area contributed by atoms with E-state index in [-0.39, 0.29) is 25.7 Å². The van der Waals surface area contributed by atoms with Gasteiger partial charge in [0.25, 0.3) is 0 Å². The standard InChI is InChI=1S/2C30H41N5O.C29H39N5O2.CH4/c2*1-21(17-22-5-6-22)32-30-31-18-27-28(20-35(29(27)33-30)25-11-13-26(36)14-12-25)24-9-7-23(8-10-24)19-34-15-3-2-4-16-34;1-20(16-21-2-3-21)31-29-30-17-26-27(19-34(28(26)32-29)24-8-10-25(35)11-9-24)23-6-4-22(5-7-23)18-33-12-14-36-15-13-33;/h2*7-10,18,20-22,25-26,36H,2-6,11-17,19H2,1H3,(H,31,32,33);4-7,17,19-21,24-25,35H,2-3,8-16,18H2,1H3,(H,30,31,32);1H4/t21-,25?,26?;;20-,24?,25?;/m1.0./s1. The van der Waals surface area contributed by atoms with Crippen molar-refractivity contribution in [3.8, 4) is 33.4 Å². The lowest BCUT2D eigenvalue weighted by molar-refractivity contribution is 0.0342. The topological polar surface area (TPSA) is 208 Å². The van der Waals surface area contributed by atoms with Gasteiger partial charge in [0.1, 0.15) is 16.9 Å². The number of anilines is 3. The van der Waals surface area contributed by atoms with E-state index in [9.17, 15) is 15.3 Å². The Kier molecular flexibility index (Phi) is 25.4. The van der Waals surface area contributed by atoms with Gasteiger partial charge in [0.2, 0.25) is 17.8 Å². The normalized spacial score (nSPS) is 23.9. The summed E-state index contributed by atoms with van der Waals surface area (Å²) in [6, 6.07) is 29.5. The molecule has 109 heavy (non-hydrogen) atoms. The van der Waals surface area contributed by atoms with Gasteiger partial charge in [0.15, 0.2) is 0 Å². The molecule has 3 atom stereocenters. The number of likely N-dealkylation sites (tertiary alicyclic amines) is 2. The number of benzene rings is 3. The molecule has 6 aromatic heterocycles. The van der Waals surface area contributed by atoms with Crippen molar-refractivity contribution in [1.29, 1.82) is 0 Å². The molecule has 0 bridgehead atoms. The number of fused-ring (bicyclic) bond motifs is 3. The molecular weight excluding hydrogens is 1360 g/mol. The molecule has 9 fully saturated rings. The summed E-state index contributed by atoms with van der Waals surface area (Å²) in [4.78, 5) is 37.0. The van der Waals surface area contributed by atoms with Crippen molar-refractivity contribution in [2.45, 2.75) is 276 Å². The number of aliphatic hydroxyl groups excluding tert-OH is 3. The first-order valence-corrected chi connectivity index (χ1v) is 42.4. The van der Waals surface area contributed by atoms with E-state index in [4.69, 9.17) is 34.6 Å². The lowest BCUT2D eigenvalue weighted by Crippen LogP contribution is -2.35. The summed E-state index contributed by atoms with van der Waals surface area (Å²) in [7, 11) is 0. The van der Waals surface area contributed by atoms with Crippen LogP contribution in [0, 0.1) is 17.8 Å². The third-order valence-corrected chi connectivity index (χ3v) is 25.2. The largest absolute Gasteiger partial charge is 0.393 e. The third-order valence-electron chi connectivity index (χ3n) is 25.2. The summed E-state index contributed by atoms with van der Waals surface area (Å²) in [5.41, 5.74) is 14.4. The zero-order chi connectivity index (χ0) is 73.5. The Morgan fingerprint density at radius 1 is 0.367 bits per heavy atom. The van der Waals surface area contributed by atoms with E-state index in [2.05, 4.69) is 157 Å². The second-order valence-electron chi connectivity index (χ2n) is 34.4. The van der Waals surface area contributed by atoms with E-state index in [1.54, 1.807) is 0 Å². The number of aromatic nitrogens is 9. The highest BCUT2D eigenvalue weighted by Crippen LogP contribution is 2.43. The smallest absolute Gasteiger partial charge is 0.224 e. The number of hydrogen-bond donors (Lipinski definition) is 6. The molecule has 0 amide bonds. The van der Waals surface area contributed by atoms with Crippen molar-refractivity contribution < 1.29 is 20.1 Å². The van der Waals surface area contributed by atoms with E-state index in [0.717, 1.165) is 192 Å². The van der Waals surface area contributed by atoms with Crippen LogP contribution in [0.25, 0.3) is 66.5 Å². The van der Waals surface area contributed by atoms with Gasteiger partial charge in [-0.3, -0.25) is 14.7 Å². The highest BCUT2D eigenvalue weighted by Gasteiger charge is 2.31. The molecule has 3 aromatic carbocycles. The fourth-order valence-electron chi connectivity index (χ4n) is 18.4. The predicted molar refractivity (Wildman–Crippen MR) is 442 cm³/mol. The zero-order valence-electron chi connectivity index (χ0n) is 64.8. The fourth-order valence-corrected chi connectivity index (χ4v) is 18.4. The van der Waals surface area contributed by atoms with Crippen LogP contribution in [0.1, 0.15) is 236 Å². The first-order chi connectivity index (χ1) is 52.9. The van der Waals surface area contributed by atoms with Crippen LogP contribution < -0.4 is 16.0 Å². The second-order valence-corrected chi connectivity index (χ2v) is 34.4. The molecule has 584 valence electrons. The van der Waals surface area contributed by atoms with E-state index in [1.165, 1.54) is 173 Å². The van der Waals surface area contributed by atoms with E-state index in [0.29, 0.717) is 36.3 Å². The van der Waals surface area contributed by atoms with Crippen LogP contribution in [0.2, 0.25) is 0 Å². The molecule has 1 unspecified atom stereocenters. The van der Waals surface area contributed by atoms with Gasteiger partial charge in [-0.1, -0.05) is 132 Å². The number of hydrogen-bond acceptors (Lipinski definition) is 16. The van der Waals surface area contributed by atoms with Gasteiger partial charge in [-0.2, -0.15) is 15.0 Å². The maximum atomic E-state index is 10.1. The van der Waals surface area contributed by atoms with Gasteiger partial charge >= 0.3 is 0 Å². The van der Waals surface area contributed by atoms with Crippen molar-refractivity contribution in [3.05, 3.63) is 127 Å². The van der Waals surface area contributed by atoms with Crippen molar-refractivity contribution in [2.24, 2.45) is 17.8 Å². The summed E-state index contributed by atoms with van der Waals surface area (Å²) < 4.78 is 12.6. The Morgan fingerprint density at radius 3 is 0.917 bits per heavy atom. The molecule has 9 heterocycles. The minimum atomic E-state index is -0.170. The molecule has 3 aliphatic heterocycles. The highest BCUT2D eigenvalue weighted by atomic mass is 16.5. The number of nitrogens with zero attached hydrogens (tertiary/aromatic N) is 12. The molecule has 6 saturated carbocycles. The molecular formula is C90H125N15O4. The Hall–Kier alpha value is -7.36. The minimum absolute atomic E-state index is 0. The molecule has 6 aliphatic carbocycles. The number of nitrogens with one attached hydrogen (secondary N) is 3. The first-order valence-electron chi connectivity index (χ1n) is 42.4. The van der Waals surface area contributed by atoms with Gasteiger partial charge in [-0.05, 0) is 220 Å². The van der Waals surface area contributed by atoms with Crippen LogP contribution in [-0.4, -0.2) is 163 Å². The molecule has 9 aliphatic rings. The summed E-state index contributed by atoms with van der Waals surface area (Å²) in [5.74, 6) is 4.80. The van der Waals surface area contributed by atoms with Crippen molar-refractivity contribution in [1.82, 2.24) is 58.3 Å². The molecule has 19 heteroatoms. The Labute approximate surface area is 647 Å². The van der Waals surface area contributed by atoms with Crippen LogP contribution in [-0.2, 0) is 24.4 Å². The van der Waals surface area contributed by atoms with Gasteiger partial charge < -0.3 is 49.7 Å². The van der Waals surface area contributed by atoms with Gasteiger partial charge in [-0.15, -0.1) is 0 Å². The molecule has 3 saturated heterocycles. The molecule has 6 N–H and O–H groups in total. The predicted octanol–water partition coefficient (Wildman–Crippen LogP) is 18.0. The maximum absolute atomic E-state index is 10.1. The second kappa shape index (κ2) is 36.0. The lowest BCUT2D eigenvalue weighted by atomic mass is 9.93. The van der Waals surface area contributed by atoms with Gasteiger partial charge in [0.05, 0.1) is 31.5 Å². The molecule has 0 radical (unpaired) electrons. The fraction of sp³-hybridized carbons (Fsp3) is 0.600. The molecule has 19 nitrogen and oxygen atoms in total. The molecule has 0 spiro atoms. The average molecular weight is 1480 g/mol. The number of aliphatic hydroxyl groups is 3. The van der Waals surface area contributed by atoms with Crippen LogP contribution in [0.15, 0.2) is 110 Å². The number of morpholine rings is 1. The zero-order valence-corrected chi connectivity index (χ0v) is 64.8. The van der Waals surface area contributed by atoms with E-state index < -0.39 is 0 Å². The van der Waals surface area contributed by atoms with Gasteiger partial charge in [0, 0.05) is 139 Å². The molecule has 18 rings (SSSR count). The SMILES string of the molecule is C.CC(CC1CC1)Nc1ncc2c(-c3ccc(CN4CCCCC4)cc3)cn(C3CCC(O)CC3)c2n1.C[C@@H](CC1CC1)Nc1ncc2c(-c3ccc(CN4CCOCC4)cc3)cn(C3CCC(O)CC3)c2n1.C[C@H](CC1CC1)Nc1ncc2c(-c3ccc(CN4CCCCC4)cc3)cn(C3CCC(O)CC3)c2n1. The van der Waals surface area contributed by atoms with Crippen LogP contribution in [0.4, 0.5) is 17.8 Å². The minimum Gasteiger partial charge on any atom is -0.393 e. The Morgan fingerprint density at radius 2 is 0.642 bits per heavy atom. The summed E-state index contributed by atoms with van der Waals surface area (Å²) >= 11 is 0. The first kappa shape index (κ1) is 77.0. The maximum Gasteiger partial charge on any atom is 0.224 e. The quantitative estimate of drug-likeness (QED) is 0.0333. The number of ether oxygens (including phenoxy) is 1. The van der Waals surface area contributed by atoms with Crippen LogP contribution in [0.3, 0.4) is 0 Å². The Bertz CT molecular complexity index is 3910. The number of rotatable bonds is 24. The highest BCUT2D eigenvalue weighted by molar-refractivity contribution is 5.96. The average Bonchev–Trinajstić information content (AvgIpc) is 1.63. The van der Waals surface area contributed by atoms with Crippen molar-refractivity contribution in [3.63, 3.8) is 0 Å². The monoisotopic (exact) mass is 1480 g/mol. The number of piperidine rings is 2. The summed E-state index contributed by atoms with van der Waals surface area (Å²) in [5, 5.41) is 44.2. The van der Waals surface area contributed by atoms with Crippen LogP contribution in [0.5, 0.6) is 0 Å². The van der Waals surface area contributed by atoms with Crippen LogP contribution >= 0.6 is 0 Å². The van der Waals surface area contributed by atoms with Crippen molar-refractivity contribution in [2.75, 3.05) is 68.4 Å². The lowest BCUT2D eigenvalue weighted by Gasteiger charge is -2.27.